The van der Waals surface area contributed by atoms with E-state index >= 15 is 0 Å². The predicted molar refractivity (Wildman–Crippen MR) is 74.9 cm³/mol. The molecular formula is C15H16ClN. The minimum absolute atomic E-state index is 0. The summed E-state index contributed by atoms with van der Waals surface area (Å²) in [7, 11) is 0. The molecule has 0 unspecified atom stereocenters. The van der Waals surface area contributed by atoms with Crippen LogP contribution in [0.4, 0.5) is 5.69 Å². The van der Waals surface area contributed by atoms with Gasteiger partial charge in [-0.1, -0.05) is 48.5 Å². The molecule has 0 fully saturated rings. The molecule has 2 heteroatoms. The maximum atomic E-state index is 2.46. The Balaban J connectivity index is 0.00000108. The number of nitrogens with zero attached hydrogens (tertiary/aromatic N) is 1. The first-order valence-electron chi connectivity index (χ1n) is 5.80. The third-order valence-electron chi connectivity index (χ3n) is 3.20. The second kappa shape index (κ2) is 5.24. The molecule has 0 amide bonds. The number of hydrogen-bond acceptors (Lipinski definition) is 1. The number of anilines is 1. The highest BCUT2D eigenvalue weighted by atomic mass is 35.5. The van der Waals surface area contributed by atoms with E-state index in [1.807, 2.05) is 0 Å². The first-order valence-corrected chi connectivity index (χ1v) is 5.80. The molecule has 0 saturated heterocycles. The molecule has 17 heavy (non-hydrogen) atoms. The Morgan fingerprint density at radius 2 is 1.59 bits per heavy atom. The van der Waals surface area contributed by atoms with Crippen molar-refractivity contribution in [3.05, 3.63) is 65.7 Å². The van der Waals surface area contributed by atoms with E-state index in [1.54, 1.807) is 0 Å². The Hall–Kier alpha value is -1.47. The zero-order valence-corrected chi connectivity index (χ0v) is 10.5. The number of rotatable bonds is 2. The fraction of sp³-hybridized carbons (Fsp3) is 0.200. The van der Waals surface area contributed by atoms with E-state index in [2.05, 4.69) is 59.5 Å². The van der Waals surface area contributed by atoms with Gasteiger partial charge in [-0.15, -0.1) is 12.4 Å². The van der Waals surface area contributed by atoms with Gasteiger partial charge in [-0.05, 0) is 23.6 Å². The topological polar surface area (TPSA) is 3.24 Å². The number of hydrogen-bond donors (Lipinski definition) is 0. The van der Waals surface area contributed by atoms with Crippen molar-refractivity contribution >= 4 is 18.1 Å². The standard InChI is InChI=1S/C15H15N.ClH/c1-2-6-13(7-3-1)12-16-11-10-14-8-4-5-9-15(14)16;/h1-9H,10-12H2;1H. The van der Waals surface area contributed by atoms with Crippen LogP contribution in [0.3, 0.4) is 0 Å². The number of fused-ring (bicyclic) bond motifs is 1. The third-order valence-corrected chi connectivity index (χ3v) is 3.20. The highest BCUT2D eigenvalue weighted by Gasteiger charge is 2.17. The molecule has 1 aliphatic rings. The van der Waals surface area contributed by atoms with Crippen LogP contribution in [0.25, 0.3) is 0 Å². The molecule has 1 aliphatic heterocycles. The average Bonchev–Trinajstić information content (AvgIpc) is 2.74. The van der Waals surface area contributed by atoms with E-state index in [9.17, 15) is 0 Å². The number of halogens is 1. The van der Waals surface area contributed by atoms with E-state index in [1.165, 1.54) is 23.2 Å². The van der Waals surface area contributed by atoms with Crippen LogP contribution in [0.2, 0.25) is 0 Å². The zero-order valence-electron chi connectivity index (χ0n) is 9.67. The van der Waals surface area contributed by atoms with Crippen LogP contribution < -0.4 is 4.90 Å². The summed E-state index contributed by atoms with van der Waals surface area (Å²) >= 11 is 0. The van der Waals surface area contributed by atoms with Crippen molar-refractivity contribution in [2.24, 2.45) is 0 Å². The molecule has 0 aliphatic carbocycles. The van der Waals surface area contributed by atoms with E-state index in [0.717, 1.165) is 13.1 Å². The van der Waals surface area contributed by atoms with Crippen LogP contribution in [-0.2, 0) is 13.0 Å². The van der Waals surface area contributed by atoms with Crippen LogP contribution in [0.5, 0.6) is 0 Å². The van der Waals surface area contributed by atoms with E-state index < -0.39 is 0 Å². The van der Waals surface area contributed by atoms with Gasteiger partial charge in [0.15, 0.2) is 0 Å². The maximum absolute atomic E-state index is 2.46. The summed E-state index contributed by atoms with van der Waals surface area (Å²) in [5.74, 6) is 0. The fourth-order valence-corrected chi connectivity index (χ4v) is 2.37. The van der Waals surface area contributed by atoms with E-state index in [0.29, 0.717) is 0 Å². The van der Waals surface area contributed by atoms with Crippen LogP contribution in [0, 0.1) is 0 Å². The van der Waals surface area contributed by atoms with Crippen molar-refractivity contribution in [3.8, 4) is 0 Å². The minimum atomic E-state index is 0. The van der Waals surface area contributed by atoms with Gasteiger partial charge < -0.3 is 4.90 Å². The Morgan fingerprint density at radius 3 is 2.41 bits per heavy atom. The average molecular weight is 246 g/mol. The van der Waals surface area contributed by atoms with Gasteiger partial charge in [-0.25, -0.2) is 0 Å². The van der Waals surface area contributed by atoms with Gasteiger partial charge in [0.25, 0.3) is 0 Å². The van der Waals surface area contributed by atoms with Gasteiger partial charge in [0.2, 0.25) is 0 Å². The van der Waals surface area contributed by atoms with Crippen LogP contribution in [0.15, 0.2) is 54.6 Å². The molecule has 0 atom stereocenters. The molecule has 1 heterocycles. The van der Waals surface area contributed by atoms with Gasteiger partial charge in [-0.3, -0.25) is 0 Å². The molecule has 0 aromatic heterocycles. The fourth-order valence-electron chi connectivity index (χ4n) is 2.37. The van der Waals surface area contributed by atoms with Gasteiger partial charge in [0.05, 0.1) is 0 Å². The second-order valence-electron chi connectivity index (χ2n) is 4.29. The van der Waals surface area contributed by atoms with Crippen molar-refractivity contribution in [1.29, 1.82) is 0 Å². The lowest BCUT2D eigenvalue weighted by Crippen LogP contribution is -2.19. The summed E-state index contributed by atoms with van der Waals surface area (Å²) in [6.07, 6.45) is 1.18. The Morgan fingerprint density at radius 1 is 0.882 bits per heavy atom. The molecule has 2 aromatic rings. The Labute approximate surface area is 108 Å². The van der Waals surface area contributed by atoms with Crippen molar-refractivity contribution < 1.29 is 0 Å². The minimum Gasteiger partial charge on any atom is -0.367 e. The lowest BCUT2D eigenvalue weighted by atomic mass is 10.2. The summed E-state index contributed by atoms with van der Waals surface area (Å²) in [6, 6.07) is 19.4. The molecule has 88 valence electrons. The quantitative estimate of drug-likeness (QED) is 0.780. The maximum Gasteiger partial charge on any atom is 0.0429 e. The molecule has 1 nitrogen and oxygen atoms in total. The highest BCUT2D eigenvalue weighted by molar-refractivity contribution is 5.85. The lowest BCUT2D eigenvalue weighted by molar-refractivity contribution is 0.836. The van der Waals surface area contributed by atoms with E-state index in [4.69, 9.17) is 0 Å². The molecular weight excluding hydrogens is 230 g/mol. The molecule has 0 saturated carbocycles. The van der Waals surface area contributed by atoms with Gasteiger partial charge in [0, 0.05) is 18.8 Å². The first kappa shape index (κ1) is 12.0. The molecule has 0 spiro atoms. The first-order chi connectivity index (χ1) is 7.93. The molecule has 3 rings (SSSR count). The normalized spacial score (nSPS) is 13.1. The molecule has 2 aromatic carbocycles. The largest absolute Gasteiger partial charge is 0.367 e. The second-order valence-corrected chi connectivity index (χ2v) is 4.29. The third kappa shape index (κ3) is 2.45. The SMILES string of the molecule is Cl.c1ccc(CN2CCc3ccccc32)cc1. The summed E-state index contributed by atoms with van der Waals surface area (Å²) in [6.45, 7) is 2.17. The van der Waals surface area contributed by atoms with E-state index in [-0.39, 0.29) is 12.4 Å². The van der Waals surface area contributed by atoms with Crippen molar-refractivity contribution in [2.45, 2.75) is 13.0 Å². The van der Waals surface area contributed by atoms with Gasteiger partial charge >= 0.3 is 0 Å². The Kier molecular flexibility index (Phi) is 3.70. The van der Waals surface area contributed by atoms with Crippen molar-refractivity contribution in [3.63, 3.8) is 0 Å². The van der Waals surface area contributed by atoms with Crippen molar-refractivity contribution in [2.75, 3.05) is 11.4 Å². The lowest BCUT2D eigenvalue weighted by Gasteiger charge is -2.19. The molecule has 0 bridgehead atoms. The predicted octanol–water partition coefficient (Wildman–Crippen LogP) is 3.67. The number of benzene rings is 2. The van der Waals surface area contributed by atoms with Crippen LogP contribution in [-0.4, -0.2) is 6.54 Å². The zero-order chi connectivity index (χ0) is 10.8. The highest BCUT2D eigenvalue weighted by Crippen LogP contribution is 2.28. The monoisotopic (exact) mass is 245 g/mol. The summed E-state index contributed by atoms with van der Waals surface area (Å²) < 4.78 is 0. The van der Waals surface area contributed by atoms with Crippen molar-refractivity contribution in [1.82, 2.24) is 0 Å². The summed E-state index contributed by atoms with van der Waals surface area (Å²) in [4.78, 5) is 2.46. The summed E-state index contributed by atoms with van der Waals surface area (Å²) in [5.41, 5.74) is 4.28. The molecule has 0 radical (unpaired) electrons. The van der Waals surface area contributed by atoms with Gasteiger partial charge in [0.1, 0.15) is 0 Å². The van der Waals surface area contributed by atoms with Crippen LogP contribution in [0.1, 0.15) is 11.1 Å². The van der Waals surface area contributed by atoms with Crippen LogP contribution >= 0.6 is 12.4 Å². The number of para-hydroxylation sites is 1. The summed E-state index contributed by atoms with van der Waals surface area (Å²) in [5, 5.41) is 0. The molecule has 0 N–H and O–H groups in total. The van der Waals surface area contributed by atoms with Gasteiger partial charge in [-0.2, -0.15) is 0 Å². The Bertz CT molecular complexity index is 481. The smallest absolute Gasteiger partial charge is 0.0429 e.